The molecule has 0 spiro atoms. The highest BCUT2D eigenvalue weighted by Crippen LogP contribution is 2.51. The van der Waals surface area contributed by atoms with E-state index >= 15 is 0 Å². The SMILES string of the molecule is Cc1cc(C)c2c(c1)[C@@H]1C=CC[C@@H]1[C@H](c1ccccc1C(=O)O)N2. The summed E-state index contributed by atoms with van der Waals surface area (Å²) in [5.41, 5.74) is 6.29. The van der Waals surface area contributed by atoms with Crippen LogP contribution < -0.4 is 5.32 Å². The van der Waals surface area contributed by atoms with Crippen molar-refractivity contribution in [2.24, 2.45) is 5.92 Å². The van der Waals surface area contributed by atoms with Gasteiger partial charge < -0.3 is 10.4 Å². The number of aryl methyl sites for hydroxylation is 2. The van der Waals surface area contributed by atoms with Gasteiger partial charge in [0.2, 0.25) is 0 Å². The summed E-state index contributed by atoms with van der Waals surface area (Å²) in [5, 5.41) is 13.3. The molecule has 0 amide bonds. The van der Waals surface area contributed by atoms with Crippen molar-refractivity contribution >= 4 is 11.7 Å². The summed E-state index contributed by atoms with van der Waals surface area (Å²) in [6, 6.07) is 11.8. The number of carbonyl (C=O) groups is 1. The summed E-state index contributed by atoms with van der Waals surface area (Å²) in [6.45, 7) is 4.25. The Hall–Kier alpha value is -2.55. The number of benzene rings is 2. The van der Waals surface area contributed by atoms with Crippen LogP contribution in [-0.4, -0.2) is 11.1 Å². The normalized spacial score (nSPS) is 24.2. The number of hydrogen-bond acceptors (Lipinski definition) is 2. The molecule has 2 aliphatic rings. The molecule has 2 N–H and O–H groups in total. The number of fused-ring (bicyclic) bond motifs is 3. The van der Waals surface area contributed by atoms with Crippen LogP contribution >= 0.6 is 0 Å². The summed E-state index contributed by atoms with van der Waals surface area (Å²) in [7, 11) is 0. The van der Waals surface area contributed by atoms with Gasteiger partial charge in [-0.3, -0.25) is 0 Å². The van der Waals surface area contributed by atoms with Gasteiger partial charge in [-0.15, -0.1) is 0 Å². The Balaban J connectivity index is 1.86. The van der Waals surface area contributed by atoms with Crippen LogP contribution in [0.5, 0.6) is 0 Å². The molecule has 0 aromatic heterocycles. The van der Waals surface area contributed by atoms with Gasteiger partial charge in [0.15, 0.2) is 0 Å². The fourth-order valence-electron chi connectivity index (χ4n) is 4.34. The summed E-state index contributed by atoms with van der Waals surface area (Å²) in [5.74, 6) is -0.146. The minimum atomic E-state index is -0.860. The van der Waals surface area contributed by atoms with Gasteiger partial charge in [-0.05, 0) is 48.9 Å². The molecule has 0 unspecified atom stereocenters. The second-order valence-corrected chi connectivity index (χ2v) is 6.91. The Kier molecular flexibility index (Phi) is 3.45. The number of rotatable bonds is 2. The third kappa shape index (κ3) is 2.23. The molecule has 2 aromatic carbocycles. The van der Waals surface area contributed by atoms with Crippen LogP contribution in [0, 0.1) is 19.8 Å². The highest BCUT2D eigenvalue weighted by Gasteiger charge is 2.39. The molecule has 1 heterocycles. The lowest BCUT2D eigenvalue weighted by molar-refractivity contribution is 0.0694. The standard InChI is InChI=1S/C21H21NO2/c1-12-10-13(2)19-18(11-12)14-8-5-9-15(14)20(22-19)16-6-3-4-7-17(16)21(23)24/h3-8,10-11,14-15,20,22H,9H2,1-2H3,(H,23,24)/t14-,15+,20-/m1/s1. The van der Waals surface area contributed by atoms with Crippen LogP contribution in [0.3, 0.4) is 0 Å². The molecule has 1 aliphatic carbocycles. The molecule has 0 radical (unpaired) electrons. The highest BCUT2D eigenvalue weighted by atomic mass is 16.4. The van der Waals surface area contributed by atoms with E-state index in [1.54, 1.807) is 12.1 Å². The lowest BCUT2D eigenvalue weighted by atomic mass is 9.75. The molecule has 3 nitrogen and oxygen atoms in total. The number of hydrogen-bond donors (Lipinski definition) is 2. The van der Waals surface area contributed by atoms with Crippen molar-refractivity contribution in [3.05, 3.63) is 76.4 Å². The number of aromatic carboxylic acids is 1. The van der Waals surface area contributed by atoms with Crippen LogP contribution in [0.2, 0.25) is 0 Å². The molecule has 3 atom stereocenters. The van der Waals surface area contributed by atoms with Crippen LogP contribution in [0.4, 0.5) is 5.69 Å². The number of allylic oxidation sites excluding steroid dienone is 2. The first-order valence-electron chi connectivity index (χ1n) is 8.43. The maximum Gasteiger partial charge on any atom is 0.336 e. The zero-order chi connectivity index (χ0) is 16.8. The van der Waals surface area contributed by atoms with E-state index in [4.69, 9.17) is 0 Å². The summed E-state index contributed by atoms with van der Waals surface area (Å²) in [6.07, 6.45) is 5.50. The Morgan fingerprint density at radius 3 is 2.75 bits per heavy atom. The monoisotopic (exact) mass is 319 g/mol. The molecule has 4 rings (SSSR count). The molecule has 0 fully saturated rings. The number of carboxylic acids is 1. The molecule has 0 bridgehead atoms. The van der Waals surface area contributed by atoms with Gasteiger partial charge in [-0.2, -0.15) is 0 Å². The van der Waals surface area contributed by atoms with E-state index in [0.717, 1.165) is 12.0 Å². The second kappa shape index (κ2) is 5.52. The molecule has 0 saturated carbocycles. The number of anilines is 1. The van der Waals surface area contributed by atoms with Crippen molar-refractivity contribution in [3.63, 3.8) is 0 Å². The summed E-state index contributed by atoms with van der Waals surface area (Å²) in [4.78, 5) is 11.7. The molecule has 24 heavy (non-hydrogen) atoms. The average molecular weight is 319 g/mol. The van der Waals surface area contributed by atoms with Gasteiger partial charge in [0.1, 0.15) is 0 Å². The molecular weight excluding hydrogens is 298 g/mol. The van der Waals surface area contributed by atoms with Crippen molar-refractivity contribution in [2.45, 2.75) is 32.2 Å². The molecule has 0 saturated heterocycles. The topological polar surface area (TPSA) is 49.3 Å². The van der Waals surface area contributed by atoms with Crippen molar-refractivity contribution in [3.8, 4) is 0 Å². The summed E-state index contributed by atoms with van der Waals surface area (Å²) < 4.78 is 0. The zero-order valence-corrected chi connectivity index (χ0v) is 13.9. The van der Waals surface area contributed by atoms with Gasteiger partial charge in [0.05, 0.1) is 11.6 Å². The quantitative estimate of drug-likeness (QED) is 0.780. The van der Waals surface area contributed by atoms with Gasteiger partial charge in [0.25, 0.3) is 0 Å². The smallest absolute Gasteiger partial charge is 0.336 e. The third-order valence-electron chi connectivity index (χ3n) is 5.34. The molecule has 3 heteroatoms. The minimum absolute atomic E-state index is 0.0196. The third-order valence-corrected chi connectivity index (χ3v) is 5.34. The van der Waals surface area contributed by atoms with E-state index in [-0.39, 0.29) is 6.04 Å². The largest absolute Gasteiger partial charge is 0.478 e. The second-order valence-electron chi connectivity index (χ2n) is 6.91. The first kappa shape index (κ1) is 15.0. The Morgan fingerprint density at radius 1 is 1.17 bits per heavy atom. The minimum Gasteiger partial charge on any atom is -0.478 e. The molecule has 122 valence electrons. The van der Waals surface area contributed by atoms with E-state index in [9.17, 15) is 9.90 Å². The lowest BCUT2D eigenvalue weighted by Gasteiger charge is -2.39. The fourth-order valence-corrected chi connectivity index (χ4v) is 4.34. The van der Waals surface area contributed by atoms with Crippen molar-refractivity contribution in [1.29, 1.82) is 0 Å². The fraction of sp³-hybridized carbons (Fsp3) is 0.286. The average Bonchev–Trinajstić information content (AvgIpc) is 3.04. The Morgan fingerprint density at radius 2 is 1.96 bits per heavy atom. The first-order valence-corrected chi connectivity index (χ1v) is 8.43. The van der Waals surface area contributed by atoms with Gasteiger partial charge in [-0.1, -0.05) is 48.0 Å². The van der Waals surface area contributed by atoms with E-state index in [1.807, 2.05) is 12.1 Å². The van der Waals surface area contributed by atoms with Gasteiger partial charge >= 0.3 is 5.97 Å². The van der Waals surface area contributed by atoms with E-state index < -0.39 is 5.97 Å². The Bertz CT molecular complexity index is 853. The maximum absolute atomic E-state index is 11.7. The summed E-state index contributed by atoms with van der Waals surface area (Å²) >= 11 is 0. The number of nitrogens with one attached hydrogen (secondary N) is 1. The van der Waals surface area contributed by atoms with Gasteiger partial charge in [-0.25, -0.2) is 4.79 Å². The van der Waals surface area contributed by atoms with E-state index in [0.29, 0.717) is 17.4 Å². The molecule has 2 aromatic rings. The van der Waals surface area contributed by atoms with Crippen LogP contribution in [0.25, 0.3) is 0 Å². The van der Waals surface area contributed by atoms with Crippen molar-refractivity contribution in [2.75, 3.05) is 5.32 Å². The van der Waals surface area contributed by atoms with Gasteiger partial charge in [0, 0.05) is 11.6 Å². The predicted molar refractivity (Wildman–Crippen MR) is 95.7 cm³/mol. The van der Waals surface area contributed by atoms with Crippen LogP contribution in [0.1, 0.15) is 51.0 Å². The maximum atomic E-state index is 11.7. The highest BCUT2D eigenvalue weighted by molar-refractivity contribution is 5.90. The Labute approximate surface area is 142 Å². The first-order chi connectivity index (χ1) is 11.6. The van der Waals surface area contributed by atoms with Crippen molar-refractivity contribution < 1.29 is 9.90 Å². The van der Waals surface area contributed by atoms with Crippen LogP contribution in [-0.2, 0) is 0 Å². The van der Waals surface area contributed by atoms with Crippen molar-refractivity contribution in [1.82, 2.24) is 0 Å². The number of carboxylic acid groups (broad SMARTS) is 1. The molecule has 1 aliphatic heterocycles. The van der Waals surface area contributed by atoms with E-state index in [2.05, 4.69) is 43.4 Å². The zero-order valence-electron chi connectivity index (χ0n) is 13.9. The lowest BCUT2D eigenvalue weighted by Crippen LogP contribution is -2.30. The predicted octanol–water partition coefficient (Wildman–Crippen LogP) is 4.83. The van der Waals surface area contributed by atoms with E-state index in [1.165, 1.54) is 22.4 Å². The van der Waals surface area contributed by atoms with Crippen LogP contribution in [0.15, 0.2) is 48.6 Å². The molecular formula is C21H21NO2.